The monoisotopic (exact) mass is 298 g/mol. The van der Waals surface area contributed by atoms with E-state index in [-0.39, 0.29) is 5.75 Å². The summed E-state index contributed by atoms with van der Waals surface area (Å²) in [7, 11) is 0. The lowest BCUT2D eigenvalue weighted by Crippen LogP contribution is -2.15. The van der Waals surface area contributed by atoms with E-state index in [0.29, 0.717) is 5.82 Å². The van der Waals surface area contributed by atoms with Crippen molar-refractivity contribution in [2.24, 2.45) is 0 Å². The molecule has 0 fully saturated rings. The largest absolute Gasteiger partial charge is 0.487 e. The van der Waals surface area contributed by atoms with Crippen LogP contribution in [0.3, 0.4) is 0 Å². The van der Waals surface area contributed by atoms with E-state index in [1.807, 2.05) is 0 Å². The summed E-state index contributed by atoms with van der Waals surface area (Å²) < 4.78 is 29.2. The second kappa shape index (κ2) is 6.13. The van der Waals surface area contributed by atoms with E-state index >= 15 is 0 Å². The number of ether oxygens (including phenoxy) is 1. The Morgan fingerprint density at radius 3 is 2.25 bits per heavy atom. The van der Waals surface area contributed by atoms with Crippen LogP contribution in [-0.2, 0) is 6.42 Å². The van der Waals surface area contributed by atoms with Crippen LogP contribution in [0.5, 0.6) is 5.75 Å². The highest BCUT2D eigenvalue weighted by atomic mass is 35.5. The van der Waals surface area contributed by atoms with Crippen LogP contribution in [0, 0.1) is 0 Å². The first-order valence-electron chi connectivity index (χ1n) is 6.15. The van der Waals surface area contributed by atoms with Gasteiger partial charge in [-0.15, -0.1) is 8.78 Å². The number of nitrogens with zero attached hydrogens (tertiary/aromatic N) is 2. The number of aryl methyl sites for hydroxylation is 1. The Morgan fingerprint density at radius 1 is 1.15 bits per heavy atom. The minimum Gasteiger partial charge on any atom is -0.420 e. The Bertz CT molecular complexity index is 553. The van der Waals surface area contributed by atoms with Crippen LogP contribution >= 0.6 is 11.6 Å². The molecule has 0 aliphatic carbocycles. The Kier molecular flexibility index (Phi) is 4.49. The van der Waals surface area contributed by atoms with Crippen molar-refractivity contribution in [3.63, 3.8) is 0 Å². The van der Waals surface area contributed by atoms with Gasteiger partial charge in [-0.2, -0.15) is 0 Å². The zero-order chi connectivity index (χ0) is 14.6. The summed E-state index contributed by atoms with van der Waals surface area (Å²) >= 11 is 4.69. The van der Waals surface area contributed by atoms with E-state index in [1.54, 1.807) is 24.5 Å². The van der Waals surface area contributed by atoms with Crippen molar-refractivity contribution in [2.45, 2.75) is 25.3 Å². The second-order valence-corrected chi connectivity index (χ2v) is 4.68. The van der Waals surface area contributed by atoms with Crippen molar-refractivity contribution in [3.05, 3.63) is 42.2 Å². The summed E-state index contributed by atoms with van der Waals surface area (Å²) in [6, 6.07) is 6.00. The molecule has 0 unspecified atom stereocenters. The lowest BCUT2D eigenvalue weighted by molar-refractivity contribution is -0.0964. The zero-order valence-corrected chi connectivity index (χ0v) is 11.6. The summed E-state index contributed by atoms with van der Waals surface area (Å²) in [5, 5.41) is 0. The Balaban J connectivity index is 2.13. The standard InChI is InChI=1S/C14H13ClF2N2O/c1-2-3-10-8-18-13(19-9-10)11-4-6-12(7-5-11)20-14(15,16)17/h4-9H,2-3H2,1H3. The maximum absolute atomic E-state index is 12.5. The van der Waals surface area contributed by atoms with Crippen molar-refractivity contribution in [2.75, 3.05) is 0 Å². The van der Waals surface area contributed by atoms with Gasteiger partial charge in [-0.25, -0.2) is 9.97 Å². The highest BCUT2D eigenvalue weighted by Crippen LogP contribution is 2.26. The van der Waals surface area contributed by atoms with E-state index in [2.05, 4.69) is 21.6 Å². The first-order chi connectivity index (χ1) is 9.48. The molecule has 106 valence electrons. The SMILES string of the molecule is CCCc1cnc(-c2ccc(OC(F)(F)Cl)cc2)nc1. The number of aromatic nitrogens is 2. The predicted octanol–water partition coefficient (Wildman–Crippen LogP) is 4.26. The van der Waals surface area contributed by atoms with Gasteiger partial charge in [0, 0.05) is 29.6 Å². The van der Waals surface area contributed by atoms with Crippen molar-refractivity contribution in [3.8, 4) is 17.1 Å². The molecule has 2 rings (SSSR count). The van der Waals surface area contributed by atoms with Gasteiger partial charge >= 0.3 is 5.57 Å². The molecule has 0 amide bonds. The van der Waals surface area contributed by atoms with Gasteiger partial charge in [-0.05, 0) is 36.2 Å². The van der Waals surface area contributed by atoms with E-state index in [1.165, 1.54) is 12.1 Å². The van der Waals surface area contributed by atoms with Crippen molar-refractivity contribution in [1.29, 1.82) is 0 Å². The van der Waals surface area contributed by atoms with Crippen molar-refractivity contribution < 1.29 is 13.5 Å². The van der Waals surface area contributed by atoms with Gasteiger partial charge in [-0.1, -0.05) is 13.3 Å². The van der Waals surface area contributed by atoms with Crippen molar-refractivity contribution >= 4 is 11.6 Å². The molecule has 0 aliphatic rings. The molecule has 3 nitrogen and oxygen atoms in total. The van der Waals surface area contributed by atoms with Crippen LogP contribution in [0.4, 0.5) is 8.78 Å². The molecule has 0 N–H and O–H groups in total. The maximum Gasteiger partial charge on any atom is 0.487 e. The second-order valence-electron chi connectivity index (χ2n) is 4.24. The molecule has 0 saturated heterocycles. The normalized spacial score (nSPS) is 11.4. The lowest BCUT2D eigenvalue weighted by atomic mass is 10.2. The highest BCUT2D eigenvalue weighted by molar-refractivity contribution is 6.20. The quantitative estimate of drug-likeness (QED) is 0.773. The summed E-state index contributed by atoms with van der Waals surface area (Å²) in [4.78, 5) is 8.49. The fourth-order valence-electron chi connectivity index (χ4n) is 1.73. The third-order valence-corrected chi connectivity index (χ3v) is 2.67. The molecule has 20 heavy (non-hydrogen) atoms. The van der Waals surface area contributed by atoms with Crippen LogP contribution in [-0.4, -0.2) is 15.5 Å². The van der Waals surface area contributed by atoms with Gasteiger partial charge in [0.05, 0.1) is 0 Å². The van der Waals surface area contributed by atoms with Crippen molar-refractivity contribution in [1.82, 2.24) is 9.97 Å². The molecular formula is C14H13ClF2N2O. The van der Waals surface area contributed by atoms with Crippen LogP contribution in [0.1, 0.15) is 18.9 Å². The summed E-state index contributed by atoms with van der Waals surface area (Å²) in [6.07, 6.45) is 5.49. The zero-order valence-electron chi connectivity index (χ0n) is 10.8. The van der Waals surface area contributed by atoms with E-state index < -0.39 is 5.57 Å². The molecule has 0 radical (unpaired) electrons. The number of hydrogen-bond acceptors (Lipinski definition) is 3. The minimum atomic E-state index is -3.71. The van der Waals surface area contributed by atoms with Gasteiger partial charge in [-0.3, -0.25) is 0 Å². The number of halogens is 3. The summed E-state index contributed by atoms with van der Waals surface area (Å²) in [6.45, 7) is 2.08. The molecule has 1 aromatic heterocycles. The van der Waals surface area contributed by atoms with Crippen LogP contribution in [0.25, 0.3) is 11.4 Å². The van der Waals surface area contributed by atoms with Crippen LogP contribution < -0.4 is 4.74 Å². The van der Waals surface area contributed by atoms with Crippen LogP contribution in [0.15, 0.2) is 36.7 Å². The molecule has 0 aliphatic heterocycles. The molecule has 0 atom stereocenters. The maximum atomic E-state index is 12.5. The van der Waals surface area contributed by atoms with Gasteiger partial charge in [0.25, 0.3) is 0 Å². The average Bonchev–Trinajstić information content (AvgIpc) is 2.39. The Labute approximate surface area is 120 Å². The number of benzene rings is 1. The first kappa shape index (κ1) is 14.7. The smallest absolute Gasteiger partial charge is 0.420 e. The third kappa shape index (κ3) is 4.13. The first-order valence-corrected chi connectivity index (χ1v) is 6.53. The van der Waals surface area contributed by atoms with Crippen LogP contribution in [0.2, 0.25) is 0 Å². The Morgan fingerprint density at radius 2 is 1.75 bits per heavy atom. The number of rotatable bonds is 5. The van der Waals surface area contributed by atoms with E-state index in [4.69, 9.17) is 11.6 Å². The molecule has 6 heteroatoms. The molecule has 0 bridgehead atoms. The predicted molar refractivity (Wildman–Crippen MR) is 72.9 cm³/mol. The van der Waals surface area contributed by atoms with Gasteiger partial charge in [0.15, 0.2) is 5.82 Å². The lowest BCUT2D eigenvalue weighted by Gasteiger charge is -2.10. The minimum absolute atomic E-state index is 0.0173. The molecule has 0 spiro atoms. The molecule has 1 heterocycles. The van der Waals surface area contributed by atoms with Gasteiger partial charge in [0.1, 0.15) is 5.75 Å². The summed E-state index contributed by atoms with van der Waals surface area (Å²) in [5.41, 5.74) is -1.92. The molecular weight excluding hydrogens is 286 g/mol. The average molecular weight is 299 g/mol. The topological polar surface area (TPSA) is 35.0 Å². The number of hydrogen-bond donors (Lipinski definition) is 0. The van der Waals surface area contributed by atoms with E-state index in [9.17, 15) is 8.78 Å². The third-order valence-electron chi connectivity index (χ3n) is 2.59. The Hall–Kier alpha value is -1.75. The highest BCUT2D eigenvalue weighted by Gasteiger charge is 2.27. The molecule has 0 saturated carbocycles. The van der Waals surface area contributed by atoms with Gasteiger partial charge < -0.3 is 4.74 Å². The van der Waals surface area contributed by atoms with E-state index in [0.717, 1.165) is 24.0 Å². The molecule has 2 aromatic rings. The molecule has 1 aromatic carbocycles. The fraction of sp³-hybridized carbons (Fsp3) is 0.286. The van der Waals surface area contributed by atoms with Gasteiger partial charge in [0.2, 0.25) is 0 Å². The summed E-state index contributed by atoms with van der Waals surface area (Å²) in [5.74, 6) is 0.519. The number of alkyl halides is 3. The fourth-order valence-corrected chi connectivity index (χ4v) is 1.82.